The van der Waals surface area contributed by atoms with E-state index in [9.17, 15) is 28.8 Å². The van der Waals surface area contributed by atoms with E-state index < -0.39 is 66.2 Å². The molecule has 0 aliphatic carbocycles. The van der Waals surface area contributed by atoms with Crippen molar-refractivity contribution in [3.05, 3.63) is 87.9 Å². The summed E-state index contributed by atoms with van der Waals surface area (Å²) in [5, 5.41) is 12.6. The zero-order chi connectivity index (χ0) is 40.2. The lowest BCUT2D eigenvalue weighted by Crippen LogP contribution is -2.50. The molecule has 1 atom stereocenters. The van der Waals surface area contributed by atoms with E-state index in [0.29, 0.717) is 5.56 Å². The molecule has 15 nitrogen and oxygen atoms in total. The van der Waals surface area contributed by atoms with Gasteiger partial charge in [-0.3, -0.25) is 19.7 Å². The number of hydrogen-bond acceptors (Lipinski definition) is 9. The first-order valence-electron chi connectivity index (χ1n) is 16.4. The van der Waals surface area contributed by atoms with Gasteiger partial charge in [0.25, 0.3) is 11.8 Å². The number of methoxy groups -OCH3 is 1. The van der Waals surface area contributed by atoms with E-state index in [-0.39, 0.29) is 32.8 Å². The number of esters is 1. The number of nitrogens with zero attached hydrogens (tertiary/aromatic N) is 1. The van der Waals surface area contributed by atoms with Gasteiger partial charge in [0.15, 0.2) is 0 Å². The van der Waals surface area contributed by atoms with Gasteiger partial charge in [0.05, 0.1) is 29.3 Å². The number of aliphatic imine (C=N–C) groups is 1. The Morgan fingerprint density at radius 3 is 1.98 bits per heavy atom. The number of hydrogen-bond donors (Lipinski definition) is 5. The summed E-state index contributed by atoms with van der Waals surface area (Å²) in [4.78, 5) is 79.9. The largest absolute Gasteiger partial charge is 0.467 e. The summed E-state index contributed by atoms with van der Waals surface area (Å²) >= 11 is 12.8. The van der Waals surface area contributed by atoms with Crippen molar-refractivity contribution >= 4 is 70.7 Å². The lowest BCUT2D eigenvalue weighted by atomic mass is 10.0. The highest BCUT2D eigenvalue weighted by Gasteiger charge is 2.26. The zero-order valence-electron chi connectivity index (χ0n) is 30.7. The van der Waals surface area contributed by atoms with Crippen LogP contribution in [-0.2, 0) is 23.8 Å². The third-order valence-electron chi connectivity index (χ3n) is 6.68. The summed E-state index contributed by atoms with van der Waals surface area (Å²) in [7, 11) is 1.11. The third-order valence-corrected chi connectivity index (χ3v) is 7.28. The number of anilines is 1. The van der Waals surface area contributed by atoms with Gasteiger partial charge in [-0.2, -0.15) is 0 Å². The SMILES string of the molecule is COC(=O)[C@H](CNC(=O)CNC(=O)c1cccc(N/C(=N/C(=O)OC(C)(C)C)NC(=O)OC(C)(C)C)c1)NC(=O)c1c(Cl)cc(-c2ccccc2)cc1Cl. The van der Waals surface area contributed by atoms with E-state index in [1.807, 2.05) is 30.3 Å². The van der Waals surface area contributed by atoms with Crippen molar-refractivity contribution < 1.29 is 43.0 Å². The van der Waals surface area contributed by atoms with Crippen molar-refractivity contribution in [1.29, 1.82) is 0 Å². The molecule has 288 valence electrons. The van der Waals surface area contributed by atoms with Crippen molar-refractivity contribution in [2.45, 2.75) is 58.8 Å². The molecule has 0 bridgehead atoms. The predicted molar refractivity (Wildman–Crippen MR) is 204 cm³/mol. The molecule has 5 amide bonds. The molecule has 0 aromatic heterocycles. The summed E-state index contributed by atoms with van der Waals surface area (Å²) in [6, 6.07) is 16.9. The minimum Gasteiger partial charge on any atom is -0.467 e. The van der Waals surface area contributed by atoms with Crippen LogP contribution in [0.1, 0.15) is 62.3 Å². The highest BCUT2D eigenvalue weighted by Crippen LogP contribution is 2.32. The number of nitrogens with one attached hydrogen (secondary N) is 5. The molecule has 0 aliphatic rings. The monoisotopic (exact) mass is 784 g/mol. The van der Waals surface area contributed by atoms with Crippen LogP contribution in [0.25, 0.3) is 11.1 Å². The van der Waals surface area contributed by atoms with Crippen molar-refractivity contribution in [1.82, 2.24) is 21.3 Å². The molecule has 3 aromatic rings. The number of amides is 5. The minimum atomic E-state index is -1.34. The Labute approximate surface area is 322 Å². The summed E-state index contributed by atoms with van der Waals surface area (Å²) in [6.07, 6.45) is -1.91. The molecule has 0 saturated heterocycles. The zero-order valence-corrected chi connectivity index (χ0v) is 32.2. The van der Waals surface area contributed by atoms with E-state index in [2.05, 4.69) is 31.6 Å². The predicted octanol–water partition coefficient (Wildman–Crippen LogP) is 5.71. The number of carbonyl (C=O) groups excluding carboxylic acids is 6. The van der Waals surface area contributed by atoms with E-state index >= 15 is 0 Å². The van der Waals surface area contributed by atoms with Gasteiger partial charge < -0.3 is 35.5 Å². The maximum Gasteiger partial charge on any atom is 0.437 e. The summed E-state index contributed by atoms with van der Waals surface area (Å²) in [5.41, 5.74) is 0.0333. The van der Waals surface area contributed by atoms with Crippen LogP contribution in [0, 0.1) is 0 Å². The van der Waals surface area contributed by atoms with Crippen LogP contribution in [-0.4, -0.2) is 79.3 Å². The van der Waals surface area contributed by atoms with Gasteiger partial charge in [0, 0.05) is 17.8 Å². The summed E-state index contributed by atoms with van der Waals surface area (Å²) < 4.78 is 15.2. The van der Waals surface area contributed by atoms with Gasteiger partial charge in [-0.1, -0.05) is 59.6 Å². The molecule has 54 heavy (non-hydrogen) atoms. The van der Waals surface area contributed by atoms with E-state index in [4.69, 9.17) is 37.4 Å². The minimum absolute atomic E-state index is 0.0411. The van der Waals surface area contributed by atoms with Crippen LogP contribution in [0.2, 0.25) is 10.0 Å². The number of ether oxygens (including phenoxy) is 3. The fourth-order valence-electron chi connectivity index (χ4n) is 4.43. The Balaban J connectivity index is 1.63. The number of guanidine groups is 1. The lowest BCUT2D eigenvalue weighted by molar-refractivity contribution is -0.142. The normalized spacial score (nSPS) is 12.1. The second kappa shape index (κ2) is 18.9. The lowest BCUT2D eigenvalue weighted by Gasteiger charge is -2.21. The highest BCUT2D eigenvalue weighted by molar-refractivity contribution is 6.40. The molecule has 0 aliphatic heterocycles. The van der Waals surface area contributed by atoms with Gasteiger partial charge >= 0.3 is 18.2 Å². The molecule has 0 saturated carbocycles. The molecule has 5 N–H and O–H groups in total. The van der Waals surface area contributed by atoms with Gasteiger partial charge in [0.2, 0.25) is 11.9 Å². The van der Waals surface area contributed by atoms with Crippen molar-refractivity contribution in [2.24, 2.45) is 4.99 Å². The Bertz CT molecular complexity index is 1880. The first-order valence-corrected chi connectivity index (χ1v) is 17.2. The average Bonchev–Trinajstić information content (AvgIpc) is 3.07. The smallest absolute Gasteiger partial charge is 0.437 e. The molecule has 0 unspecified atom stereocenters. The number of rotatable bonds is 10. The van der Waals surface area contributed by atoms with Gasteiger partial charge in [-0.25, -0.2) is 14.4 Å². The molecule has 0 heterocycles. The Morgan fingerprint density at radius 2 is 1.39 bits per heavy atom. The van der Waals surface area contributed by atoms with Crippen molar-refractivity contribution in [3.63, 3.8) is 0 Å². The molecule has 0 fully saturated rings. The number of benzene rings is 3. The maximum absolute atomic E-state index is 13.2. The Kier molecular flexibility index (Phi) is 15.0. The molecule has 17 heteroatoms. The molecule has 3 rings (SSSR count). The van der Waals surface area contributed by atoms with E-state index in [1.54, 1.807) is 53.7 Å². The Hall–Kier alpha value is -5.67. The highest BCUT2D eigenvalue weighted by atomic mass is 35.5. The van der Waals surface area contributed by atoms with Crippen LogP contribution < -0.4 is 26.6 Å². The van der Waals surface area contributed by atoms with E-state index in [0.717, 1.165) is 12.7 Å². The fourth-order valence-corrected chi connectivity index (χ4v) is 5.09. The van der Waals surface area contributed by atoms with E-state index in [1.165, 1.54) is 24.3 Å². The van der Waals surface area contributed by atoms with Crippen LogP contribution in [0.15, 0.2) is 71.7 Å². The van der Waals surface area contributed by atoms with Gasteiger partial charge in [-0.15, -0.1) is 4.99 Å². The third kappa shape index (κ3) is 14.0. The first kappa shape index (κ1) is 42.7. The molecule has 0 spiro atoms. The maximum atomic E-state index is 13.2. The van der Waals surface area contributed by atoms with Crippen LogP contribution >= 0.6 is 23.2 Å². The quantitative estimate of drug-likeness (QED) is 0.0734. The molecular weight excluding hydrogens is 743 g/mol. The fraction of sp³-hybridized carbons (Fsp3) is 0.324. The second-order valence-electron chi connectivity index (χ2n) is 13.5. The van der Waals surface area contributed by atoms with Crippen LogP contribution in [0.4, 0.5) is 15.3 Å². The first-order chi connectivity index (χ1) is 25.2. The number of alkyl carbamates (subject to hydrolysis) is 1. The molecular formula is C37H42Cl2N6O9. The second-order valence-corrected chi connectivity index (χ2v) is 14.3. The van der Waals surface area contributed by atoms with Gasteiger partial charge in [-0.05, 0) is 83.0 Å². The summed E-state index contributed by atoms with van der Waals surface area (Å²) in [6.45, 7) is 9.00. The van der Waals surface area contributed by atoms with Crippen LogP contribution in [0.5, 0.6) is 0 Å². The average molecular weight is 786 g/mol. The van der Waals surface area contributed by atoms with Gasteiger partial charge in [0.1, 0.15) is 17.2 Å². The topological polar surface area (TPSA) is 203 Å². The molecule has 3 aromatic carbocycles. The summed E-state index contributed by atoms with van der Waals surface area (Å²) in [5.74, 6) is -3.34. The Morgan fingerprint density at radius 1 is 0.759 bits per heavy atom. The van der Waals surface area contributed by atoms with Crippen LogP contribution in [0.3, 0.4) is 0 Å². The number of halogens is 2. The van der Waals surface area contributed by atoms with Crippen molar-refractivity contribution in [3.8, 4) is 11.1 Å². The van der Waals surface area contributed by atoms with Crippen molar-refractivity contribution in [2.75, 3.05) is 25.5 Å². The number of carbonyl (C=O) groups is 6. The standard InChI is InChI=1S/C37H42Cl2N6O9/c1-36(2,3)53-34(50)44-33(45-35(51)54-37(4,5)6)42-24-15-11-14-22(16-24)30(47)41-20-28(46)40-19-27(32(49)52-7)43-31(48)29-25(38)17-23(18-26(29)39)21-12-9-8-10-13-21/h8-18,27H,19-20H2,1-7H3,(H,40,46)(H,41,47)(H,43,48)(H2,42,44,45,50,51)/t27-/m0/s1. The molecule has 0 radical (unpaired) electrons.